The van der Waals surface area contributed by atoms with Gasteiger partial charge in [-0.2, -0.15) is 5.10 Å². The van der Waals surface area contributed by atoms with Crippen molar-refractivity contribution in [3.8, 4) is 0 Å². The zero-order chi connectivity index (χ0) is 27.5. The predicted octanol–water partition coefficient (Wildman–Crippen LogP) is 6.02. The van der Waals surface area contributed by atoms with Gasteiger partial charge in [0.25, 0.3) is 0 Å². The van der Waals surface area contributed by atoms with E-state index in [2.05, 4.69) is 32.6 Å². The fourth-order valence-electron chi connectivity index (χ4n) is 5.57. The highest BCUT2D eigenvalue weighted by atomic mass is 127. The van der Waals surface area contributed by atoms with Crippen LogP contribution in [0.15, 0.2) is 48.3 Å². The second kappa shape index (κ2) is 12.2. The monoisotopic (exact) mass is 645 g/mol. The van der Waals surface area contributed by atoms with Crippen LogP contribution in [0.2, 0.25) is 0 Å². The lowest BCUT2D eigenvalue weighted by Gasteiger charge is -2.27. The van der Waals surface area contributed by atoms with E-state index in [0.717, 1.165) is 59.2 Å². The van der Waals surface area contributed by atoms with Crippen molar-refractivity contribution in [2.75, 3.05) is 18.1 Å². The summed E-state index contributed by atoms with van der Waals surface area (Å²) < 4.78 is 28.1. The number of rotatable bonds is 9. The Balaban J connectivity index is 1.36. The Morgan fingerprint density at radius 1 is 1.31 bits per heavy atom. The summed E-state index contributed by atoms with van der Waals surface area (Å²) in [5.41, 5.74) is 2.65. The summed E-state index contributed by atoms with van der Waals surface area (Å²) in [6.45, 7) is 5.20. The zero-order valence-corrected chi connectivity index (χ0v) is 24.4. The SMILES string of the molecule is CCOC(C)O[C@H]1CCC/C(=C/C(=O)C(=N)c2cnn3ccc(N4CCC[C@@H]4c4cc(F)ccc4I)nc23)C1. The minimum absolute atomic E-state index is 0.00398. The molecule has 1 aromatic carbocycles. The minimum atomic E-state index is -0.362. The normalized spacial score (nSPS) is 21.5. The van der Waals surface area contributed by atoms with Gasteiger partial charge in [-0.05, 0) is 111 Å². The van der Waals surface area contributed by atoms with Gasteiger partial charge in [0.1, 0.15) is 17.3 Å². The number of aromatic nitrogens is 3. The Kier molecular flexibility index (Phi) is 8.73. The second-order valence-corrected chi connectivity index (χ2v) is 11.2. The first kappa shape index (κ1) is 27.9. The molecular weight excluding hydrogens is 612 g/mol. The third kappa shape index (κ3) is 6.22. The van der Waals surface area contributed by atoms with Crippen molar-refractivity contribution in [3.05, 3.63) is 68.8 Å². The first-order valence-corrected chi connectivity index (χ1v) is 14.6. The number of benzene rings is 1. The van der Waals surface area contributed by atoms with Crippen LogP contribution in [0.3, 0.4) is 0 Å². The Morgan fingerprint density at radius 3 is 2.97 bits per heavy atom. The van der Waals surface area contributed by atoms with Crippen LogP contribution in [0.25, 0.3) is 5.65 Å². The van der Waals surface area contributed by atoms with E-state index in [0.29, 0.717) is 24.2 Å². The molecule has 2 aliphatic rings. The summed E-state index contributed by atoms with van der Waals surface area (Å²) in [6.07, 6.45) is 9.81. The molecule has 10 heteroatoms. The number of carbonyl (C=O) groups excluding carboxylic acids is 1. The number of nitrogens with zero attached hydrogens (tertiary/aromatic N) is 4. The van der Waals surface area contributed by atoms with E-state index in [4.69, 9.17) is 19.9 Å². The topological polar surface area (TPSA) is 92.8 Å². The summed E-state index contributed by atoms with van der Waals surface area (Å²) in [4.78, 5) is 20.2. The van der Waals surface area contributed by atoms with Gasteiger partial charge in [-0.1, -0.05) is 5.57 Å². The van der Waals surface area contributed by atoms with Crippen molar-refractivity contribution in [1.29, 1.82) is 5.41 Å². The number of nitrogens with one attached hydrogen (secondary N) is 1. The first-order chi connectivity index (χ1) is 18.8. The molecule has 3 atom stereocenters. The number of anilines is 1. The van der Waals surface area contributed by atoms with Gasteiger partial charge in [0.15, 0.2) is 11.9 Å². The smallest absolute Gasteiger partial charge is 0.204 e. The number of ether oxygens (including phenoxy) is 2. The van der Waals surface area contributed by atoms with Crippen molar-refractivity contribution in [1.82, 2.24) is 14.6 Å². The fourth-order valence-corrected chi connectivity index (χ4v) is 6.26. The number of halogens is 2. The van der Waals surface area contributed by atoms with E-state index in [9.17, 15) is 9.18 Å². The van der Waals surface area contributed by atoms with Gasteiger partial charge in [0.05, 0.1) is 23.9 Å². The van der Waals surface area contributed by atoms with Gasteiger partial charge in [-0.3, -0.25) is 10.2 Å². The van der Waals surface area contributed by atoms with Crippen LogP contribution in [0, 0.1) is 14.8 Å². The molecule has 1 saturated heterocycles. The van der Waals surface area contributed by atoms with Crippen molar-refractivity contribution in [2.24, 2.45) is 0 Å². The molecule has 1 aliphatic carbocycles. The fraction of sp³-hybridized carbons (Fsp3) is 0.448. The number of hydrogen-bond acceptors (Lipinski definition) is 7. The Labute approximate surface area is 241 Å². The third-order valence-corrected chi connectivity index (χ3v) is 8.35. The van der Waals surface area contributed by atoms with Crippen LogP contribution in [0.4, 0.5) is 10.2 Å². The summed E-state index contributed by atoms with van der Waals surface area (Å²) in [5.74, 6) is 0.111. The van der Waals surface area contributed by atoms with Crippen LogP contribution in [-0.2, 0) is 14.3 Å². The van der Waals surface area contributed by atoms with Gasteiger partial charge in [0.2, 0.25) is 5.78 Å². The maximum atomic E-state index is 14.1. The van der Waals surface area contributed by atoms with Gasteiger partial charge < -0.3 is 14.4 Å². The molecular formula is C29H33FIN5O3. The van der Waals surface area contributed by atoms with Crippen LogP contribution in [0.1, 0.15) is 69.5 Å². The standard InChI is InChI=1S/C29H33FIN5O3/c1-3-38-18(2)39-21-7-4-6-19(14-21)15-26(37)28(32)23-17-33-36-13-11-27(34-29(23)36)35-12-5-8-25(35)22-16-20(30)9-10-24(22)31/h9-11,13,15-18,21,25,32H,3-8,12,14H2,1-2H3/b19-15-,32-28?/t18?,21-,25+/m0/s1. The van der Waals surface area contributed by atoms with Crippen molar-refractivity contribution in [2.45, 2.75) is 70.8 Å². The molecule has 0 bridgehead atoms. The van der Waals surface area contributed by atoms with Gasteiger partial charge >= 0.3 is 0 Å². The molecule has 5 rings (SSSR count). The second-order valence-electron chi connectivity index (χ2n) is 10.0. The average Bonchev–Trinajstić information content (AvgIpc) is 3.57. The van der Waals surface area contributed by atoms with E-state index in [1.54, 1.807) is 28.9 Å². The lowest BCUT2D eigenvalue weighted by atomic mass is 9.91. The molecule has 2 aromatic heterocycles. The van der Waals surface area contributed by atoms with E-state index < -0.39 is 0 Å². The largest absolute Gasteiger partial charge is 0.353 e. The molecule has 39 heavy (non-hydrogen) atoms. The van der Waals surface area contributed by atoms with Crippen molar-refractivity contribution < 1.29 is 18.7 Å². The van der Waals surface area contributed by atoms with Crippen molar-refractivity contribution in [3.63, 3.8) is 0 Å². The molecule has 0 amide bonds. The van der Waals surface area contributed by atoms with E-state index >= 15 is 0 Å². The molecule has 8 nitrogen and oxygen atoms in total. The third-order valence-electron chi connectivity index (χ3n) is 7.37. The lowest BCUT2D eigenvalue weighted by molar-refractivity contribution is -0.160. The zero-order valence-electron chi connectivity index (χ0n) is 22.2. The highest BCUT2D eigenvalue weighted by Crippen LogP contribution is 2.37. The maximum Gasteiger partial charge on any atom is 0.204 e. The first-order valence-electron chi connectivity index (χ1n) is 13.5. The Morgan fingerprint density at radius 2 is 2.15 bits per heavy atom. The van der Waals surface area contributed by atoms with Crippen LogP contribution < -0.4 is 4.90 Å². The van der Waals surface area contributed by atoms with E-state index in [-0.39, 0.29) is 35.7 Å². The maximum absolute atomic E-state index is 14.1. The number of fused-ring (bicyclic) bond motifs is 1. The van der Waals surface area contributed by atoms with Crippen molar-refractivity contribution >= 4 is 45.6 Å². The number of carbonyl (C=O) groups is 1. The summed E-state index contributed by atoms with van der Waals surface area (Å²) in [5, 5.41) is 13.0. The highest BCUT2D eigenvalue weighted by molar-refractivity contribution is 14.1. The van der Waals surface area contributed by atoms with Crippen LogP contribution >= 0.6 is 22.6 Å². The highest BCUT2D eigenvalue weighted by Gasteiger charge is 2.30. The van der Waals surface area contributed by atoms with Crippen LogP contribution in [-0.4, -0.2) is 51.6 Å². The molecule has 3 aromatic rings. The molecule has 2 fully saturated rings. The predicted molar refractivity (Wildman–Crippen MR) is 156 cm³/mol. The Hall–Kier alpha value is -2.70. The molecule has 0 radical (unpaired) electrons. The molecule has 1 saturated carbocycles. The molecule has 1 aliphatic heterocycles. The number of hydrogen-bond donors (Lipinski definition) is 1. The molecule has 206 valence electrons. The summed E-state index contributed by atoms with van der Waals surface area (Å²) >= 11 is 2.25. The quantitative estimate of drug-likeness (QED) is 0.133. The summed E-state index contributed by atoms with van der Waals surface area (Å²) in [6, 6.07) is 6.77. The number of ketones is 1. The minimum Gasteiger partial charge on any atom is -0.353 e. The van der Waals surface area contributed by atoms with Gasteiger partial charge in [-0.15, -0.1) is 0 Å². The van der Waals surface area contributed by atoms with Gasteiger partial charge in [0, 0.05) is 22.9 Å². The molecule has 1 unspecified atom stereocenters. The van der Waals surface area contributed by atoms with E-state index in [1.807, 2.05) is 19.9 Å². The Bertz CT molecular complexity index is 1410. The molecule has 0 spiro atoms. The molecule has 1 N–H and O–H groups in total. The molecule has 3 heterocycles. The number of allylic oxidation sites excluding steroid dienone is 1. The average molecular weight is 646 g/mol. The summed E-state index contributed by atoms with van der Waals surface area (Å²) in [7, 11) is 0. The van der Waals surface area contributed by atoms with Crippen LogP contribution in [0.5, 0.6) is 0 Å². The van der Waals surface area contributed by atoms with Gasteiger partial charge in [-0.25, -0.2) is 13.9 Å². The van der Waals surface area contributed by atoms with E-state index in [1.165, 1.54) is 12.3 Å². The lowest BCUT2D eigenvalue weighted by Crippen LogP contribution is -2.25.